The number of carbonyl (C=O) groups excluding carboxylic acids is 1. The molecule has 0 N–H and O–H groups in total. The normalized spacial score (nSPS) is 20.0. The fourth-order valence-electron chi connectivity index (χ4n) is 1.86. The first-order valence-corrected chi connectivity index (χ1v) is 5.43. The molecule has 1 saturated heterocycles. The molecule has 0 saturated carbocycles. The van der Waals surface area contributed by atoms with Crippen LogP contribution in [0, 0.1) is 22.0 Å². The summed E-state index contributed by atoms with van der Waals surface area (Å²) >= 11 is 0. The van der Waals surface area contributed by atoms with Gasteiger partial charge < -0.3 is 4.90 Å². The number of carbonyl (C=O) groups is 1. The maximum absolute atomic E-state index is 11.9. The molecular weight excluding hydrogens is 196 g/mol. The van der Waals surface area contributed by atoms with Gasteiger partial charge in [0, 0.05) is 29.8 Å². The Bertz CT molecular complexity index is 249. The van der Waals surface area contributed by atoms with E-state index < -0.39 is 0 Å². The number of nitro groups is 1. The summed E-state index contributed by atoms with van der Waals surface area (Å²) in [7, 11) is 0. The maximum atomic E-state index is 11.9. The Hall–Kier alpha value is -1.13. The van der Waals surface area contributed by atoms with Gasteiger partial charge in [0.2, 0.25) is 12.5 Å². The topological polar surface area (TPSA) is 63.5 Å². The number of likely N-dealkylation sites (tertiary alicyclic amines) is 1. The van der Waals surface area contributed by atoms with Crippen LogP contribution in [-0.4, -0.2) is 35.4 Å². The van der Waals surface area contributed by atoms with E-state index in [1.54, 1.807) is 13.8 Å². The van der Waals surface area contributed by atoms with Crippen molar-refractivity contribution in [1.29, 1.82) is 0 Å². The molecule has 1 amide bonds. The first-order valence-electron chi connectivity index (χ1n) is 5.43. The van der Waals surface area contributed by atoms with E-state index in [4.69, 9.17) is 0 Å². The SMILES string of the molecule is CC(C[N+](=O)[O-])C(C)C(=O)N1CCCC1. The zero-order chi connectivity index (χ0) is 11.4. The van der Waals surface area contributed by atoms with Gasteiger partial charge in [0.15, 0.2) is 0 Å². The molecule has 0 spiro atoms. The molecule has 2 unspecified atom stereocenters. The second-order valence-corrected chi connectivity index (χ2v) is 4.31. The van der Waals surface area contributed by atoms with Crippen molar-refractivity contribution in [2.24, 2.45) is 11.8 Å². The third-order valence-corrected chi connectivity index (χ3v) is 3.10. The predicted octanol–water partition coefficient (Wildman–Crippen LogP) is 1.16. The highest BCUT2D eigenvalue weighted by Gasteiger charge is 2.29. The monoisotopic (exact) mass is 214 g/mol. The van der Waals surface area contributed by atoms with Gasteiger partial charge in [0.1, 0.15) is 0 Å². The summed E-state index contributed by atoms with van der Waals surface area (Å²) in [6.45, 7) is 5.06. The van der Waals surface area contributed by atoms with Gasteiger partial charge in [-0.2, -0.15) is 0 Å². The van der Waals surface area contributed by atoms with Crippen LogP contribution in [0.25, 0.3) is 0 Å². The maximum Gasteiger partial charge on any atom is 0.225 e. The van der Waals surface area contributed by atoms with Gasteiger partial charge in [-0.1, -0.05) is 13.8 Å². The lowest BCUT2D eigenvalue weighted by molar-refractivity contribution is -0.488. The summed E-state index contributed by atoms with van der Waals surface area (Å²) in [6, 6.07) is 0. The Balaban J connectivity index is 2.47. The molecule has 0 aliphatic carbocycles. The molecule has 5 heteroatoms. The van der Waals surface area contributed by atoms with Crippen LogP contribution in [0.3, 0.4) is 0 Å². The standard InChI is InChI=1S/C10H18N2O3/c1-8(7-12(14)15)9(2)10(13)11-5-3-4-6-11/h8-9H,3-7H2,1-2H3. The number of nitrogens with zero attached hydrogens (tertiary/aromatic N) is 2. The Morgan fingerprint density at radius 1 is 1.40 bits per heavy atom. The second kappa shape index (κ2) is 5.09. The Morgan fingerprint density at radius 2 is 1.93 bits per heavy atom. The summed E-state index contributed by atoms with van der Waals surface area (Å²) < 4.78 is 0. The highest BCUT2D eigenvalue weighted by atomic mass is 16.6. The first-order chi connectivity index (χ1) is 7.02. The van der Waals surface area contributed by atoms with Crippen LogP contribution < -0.4 is 0 Å². The van der Waals surface area contributed by atoms with E-state index in [0.29, 0.717) is 0 Å². The predicted molar refractivity (Wildman–Crippen MR) is 56.0 cm³/mol. The highest BCUT2D eigenvalue weighted by Crippen LogP contribution is 2.18. The van der Waals surface area contributed by atoms with Gasteiger partial charge in [-0.3, -0.25) is 14.9 Å². The van der Waals surface area contributed by atoms with Crippen molar-refractivity contribution >= 4 is 5.91 Å². The summed E-state index contributed by atoms with van der Waals surface area (Å²) in [4.78, 5) is 23.7. The van der Waals surface area contributed by atoms with Gasteiger partial charge in [-0.15, -0.1) is 0 Å². The largest absolute Gasteiger partial charge is 0.342 e. The molecule has 1 fully saturated rings. The quantitative estimate of drug-likeness (QED) is 0.521. The lowest BCUT2D eigenvalue weighted by Gasteiger charge is -2.22. The van der Waals surface area contributed by atoms with E-state index in [0.717, 1.165) is 25.9 Å². The van der Waals surface area contributed by atoms with Gasteiger partial charge in [-0.05, 0) is 12.8 Å². The van der Waals surface area contributed by atoms with Crippen LogP contribution in [0.5, 0.6) is 0 Å². The molecule has 0 aromatic carbocycles. The Labute approximate surface area is 89.6 Å². The minimum atomic E-state index is -0.349. The fraction of sp³-hybridized carbons (Fsp3) is 0.900. The molecule has 1 heterocycles. The van der Waals surface area contributed by atoms with Crippen molar-refractivity contribution in [1.82, 2.24) is 4.90 Å². The van der Waals surface area contributed by atoms with E-state index in [2.05, 4.69) is 0 Å². The molecule has 1 aliphatic rings. The summed E-state index contributed by atoms with van der Waals surface area (Å²) in [5.41, 5.74) is 0. The van der Waals surface area contributed by atoms with Crippen molar-refractivity contribution in [2.75, 3.05) is 19.6 Å². The minimum Gasteiger partial charge on any atom is -0.342 e. The lowest BCUT2D eigenvalue weighted by Crippen LogP contribution is -2.36. The van der Waals surface area contributed by atoms with Crippen LogP contribution >= 0.6 is 0 Å². The van der Waals surface area contributed by atoms with Crippen LogP contribution in [0.15, 0.2) is 0 Å². The van der Waals surface area contributed by atoms with Crippen LogP contribution in [0.4, 0.5) is 0 Å². The van der Waals surface area contributed by atoms with E-state index in [9.17, 15) is 14.9 Å². The van der Waals surface area contributed by atoms with Gasteiger partial charge in [0.25, 0.3) is 0 Å². The van der Waals surface area contributed by atoms with Crippen molar-refractivity contribution in [3.05, 3.63) is 10.1 Å². The minimum absolute atomic E-state index is 0.0712. The van der Waals surface area contributed by atoms with Crippen LogP contribution in [-0.2, 0) is 4.79 Å². The van der Waals surface area contributed by atoms with Gasteiger partial charge in [0.05, 0.1) is 0 Å². The highest BCUT2D eigenvalue weighted by molar-refractivity contribution is 5.79. The van der Waals surface area contributed by atoms with Crippen molar-refractivity contribution < 1.29 is 9.72 Å². The number of hydrogen-bond donors (Lipinski definition) is 0. The van der Waals surface area contributed by atoms with E-state index in [1.165, 1.54) is 0 Å². The molecule has 86 valence electrons. The van der Waals surface area contributed by atoms with E-state index in [1.807, 2.05) is 4.90 Å². The van der Waals surface area contributed by atoms with Crippen molar-refractivity contribution in [3.63, 3.8) is 0 Å². The summed E-state index contributed by atoms with van der Waals surface area (Å²) in [6.07, 6.45) is 2.12. The average molecular weight is 214 g/mol. The van der Waals surface area contributed by atoms with Crippen molar-refractivity contribution in [2.45, 2.75) is 26.7 Å². The molecule has 1 aliphatic heterocycles. The molecule has 2 atom stereocenters. The number of rotatable bonds is 4. The zero-order valence-electron chi connectivity index (χ0n) is 9.31. The van der Waals surface area contributed by atoms with Crippen LogP contribution in [0.1, 0.15) is 26.7 Å². The average Bonchev–Trinajstić information content (AvgIpc) is 2.67. The zero-order valence-corrected chi connectivity index (χ0v) is 9.31. The molecule has 0 bridgehead atoms. The molecule has 15 heavy (non-hydrogen) atoms. The Kier molecular flexibility index (Phi) is 4.05. The van der Waals surface area contributed by atoms with Crippen molar-refractivity contribution in [3.8, 4) is 0 Å². The number of hydrogen-bond acceptors (Lipinski definition) is 3. The summed E-state index contributed by atoms with van der Waals surface area (Å²) in [5, 5.41) is 10.3. The summed E-state index contributed by atoms with van der Waals surface area (Å²) in [5.74, 6) is -0.358. The molecule has 0 radical (unpaired) electrons. The third-order valence-electron chi connectivity index (χ3n) is 3.10. The molecule has 0 aromatic rings. The molecular formula is C10H18N2O3. The van der Waals surface area contributed by atoms with E-state index in [-0.39, 0.29) is 29.2 Å². The Morgan fingerprint density at radius 3 is 2.40 bits per heavy atom. The van der Waals surface area contributed by atoms with Gasteiger partial charge >= 0.3 is 0 Å². The van der Waals surface area contributed by atoms with E-state index >= 15 is 0 Å². The smallest absolute Gasteiger partial charge is 0.225 e. The van der Waals surface area contributed by atoms with Crippen LogP contribution in [0.2, 0.25) is 0 Å². The lowest BCUT2D eigenvalue weighted by atomic mass is 9.95. The molecule has 0 aromatic heterocycles. The fourth-order valence-corrected chi connectivity index (χ4v) is 1.86. The number of amides is 1. The third kappa shape index (κ3) is 3.18. The second-order valence-electron chi connectivity index (χ2n) is 4.31. The first kappa shape index (κ1) is 11.9. The molecule has 1 rings (SSSR count). The van der Waals surface area contributed by atoms with Gasteiger partial charge in [-0.25, -0.2) is 0 Å². The molecule has 5 nitrogen and oxygen atoms in total.